The smallest absolute Gasteiger partial charge is 0.288 e. The fourth-order valence-corrected chi connectivity index (χ4v) is 2.90. The normalized spacial score (nSPS) is 22.3. The number of rotatable bonds is 7. The lowest BCUT2D eigenvalue weighted by Crippen LogP contribution is -2.33. The van der Waals surface area contributed by atoms with Gasteiger partial charge in [-0.25, -0.2) is 14.6 Å². The Morgan fingerprint density at radius 2 is 2.00 bits per heavy atom. The second-order valence-electron chi connectivity index (χ2n) is 6.74. The molecule has 0 aliphatic carbocycles. The summed E-state index contributed by atoms with van der Waals surface area (Å²) in [6.45, 7) is -0.139. The summed E-state index contributed by atoms with van der Waals surface area (Å²) in [5.74, 6) is -1.00. The Balaban J connectivity index is 0.000000186. The molecule has 4 rings (SSSR count). The molecule has 0 bridgehead atoms. The minimum absolute atomic E-state index is 0.0291. The molecule has 3 aromatic heterocycles. The van der Waals surface area contributed by atoms with Gasteiger partial charge in [-0.05, 0) is 0 Å². The van der Waals surface area contributed by atoms with Gasteiger partial charge in [0.25, 0.3) is 11.5 Å². The molecule has 1 saturated heterocycles. The molecule has 17 heteroatoms. The molecule has 4 atom stereocenters. The number of hydrogen-bond donors (Lipinski definition) is 7. The third-order valence-corrected chi connectivity index (χ3v) is 4.47. The standard InChI is InChI=1S/C8H11N5O3.C8H12N4O5/c9-8-11-6-5(7(15)12-8)10-3-13(6)4-16-2-1-14;9-6(16)7-10-2-12(11-7)8-5(15)4(14)3(1-13)17-8/h3,14H,1-2,4H2,(H3,9,11,12,15);2-5,8,13-15H,1H2,(H2,9,16)/t;3-,4-,5-,8-/m.1/s1. The number of aromatic nitrogens is 7. The molecule has 3 aromatic rings. The zero-order valence-electron chi connectivity index (χ0n) is 17.1. The quantitative estimate of drug-likeness (QED) is 0.161. The zero-order chi connectivity index (χ0) is 24.1. The van der Waals surface area contributed by atoms with Crippen molar-refractivity contribution in [1.82, 2.24) is 34.3 Å². The number of aliphatic hydroxyl groups excluding tert-OH is 4. The van der Waals surface area contributed by atoms with Crippen LogP contribution in [-0.4, -0.2) is 98.7 Å². The number of amides is 1. The number of anilines is 1. The van der Waals surface area contributed by atoms with Crippen molar-refractivity contribution in [1.29, 1.82) is 0 Å². The molecular formula is C16H23N9O8. The lowest BCUT2D eigenvalue weighted by atomic mass is 10.1. The number of imidazole rings is 1. The first-order chi connectivity index (χ1) is 15.8. The number of aromatic amines is 1. The van der Waals surface area contributed by atoms with Crippen LogP contribution >= 0.6 is 0 Å². The van der Waals surface area contributed by atoms with Gasteiger partial charge in [0, 0.05) is 0 Å². The topological polar surface area (TPSA) is 263 Å². The second-order valence-corrected chi connectivity index (χ2v) is 6.74. The van der Waals surface area contributed by atoms with Gasteiger partial charge in [-0.15, -0.1) is 5.10 Å². The van der Waals surface area contributed by atoms with Crippen molar-refractivity contribution >= 4 is 23.0 Å². The molecule has 9 N–H and O–H groups in total. The minimum Gasteiger partial charge on any atom is -0.394 e. The van der Waals surface area contributed by atoms with Gasteiger partial charge in [0.05, 0.1) is 26.1 Å². The highest BCUT2D eigenvalue weighted by Gasteiger charge is 2.44. The van der Waals surface area contributed by atoms with E-state index in [0.29, 0.717) is 5.65 Å². The molecule has 4 heterocycles. The minimum atomic E-state index is -1.27. The molecule has 0 spiro atoms. The number of H-pyrrole nitrogens is 1. The fourth-order valence-electron chi connectivity index (χ4n) is 2.90. The molecule has 0 saturated carbocycles. The van der Waals surface area contributed by atoms with Crippen LogP contribution in [0.1, 0.15) is 16.8 Å². The summed E-state index contributed by atoms with van der Waals surface area (Å²) >= 11 is 0. The first kappa shape index (κ1) is 24.2. The monoisotopic (exact) mass is 469 g/mol. The van der Waals surface area contributed by atoms with E-state index in [9.17, 15) is 19.8 Å². The first-order valence-electron chi connectivity index (χ1n) is 9.49. The predicted octanol–water partition coefficient (Wildman–Crippen LogP) is -4.34. The third-order valence-electron chi connectivity index (χ3n) is 4.47. The summed E-state index contributed by atoms with van der Waals surface area (Å²) in [4.78, 5) is 36.0. The Bertz CT molecular complexity index is 1140. The molecule has 17 nitrogen and oxygen atoms in total. The van der Waals surface area contributed by atoms with E-state index in [-0.39, 0.29) is 42.8 Å². The van der Waals surface area contributed by atoms with Gasteiger partial charge in [0.2, 0.25) is 11.8 Å². The van der Waals surface area contributed by atoms with Crippen LogP contribution in [0.15, 0.2) is 17.4 Å². The maximum atomic E-state index is 11.4. The van der Waals surface area contributed by atoms with E-state index in [1.165, 1.54) is 10.9 Å². The Hall–Kier alpha value is -3.48. The number of carbonyl (C=O) groups excluding carboxylic acids is 1. The molecule has 33 heavy (non-hydrogen) atoms. The van der Waals surface area contributed by atoms with Crippen molar-refractivity contribution in [3.05, 3.63) is 28.8 Å². The summed E-state index contributed by atoms with van der Waals surface area (Å²) < 4.78 is 12.9. The SMILES string of the molecule is NC(=O)c1ncn([C@@H]2O[C@H](CO)[C@@H](O)[C@H]2O)n1.Nc1nc2c(ncn2COCCO)c(=O)[nH]1. The van der Waals surface area contributed by atoms with Crippen molar-refractivity contribution in [3.8, 4) is 0 Å². The molecule has 0 unspecified atom stereocenters. The number of carbonyl (C=O) groups is 1. The maximum Gasteiger partial charge on any atom is 0.288 e. The van der Waals surface area contributed by atoms with Crippen LogP contribution in [-0.2, 0) is 16.2 Å². The van der Waals surface area contributed by atoms with E-state index in [1.54, 1.807) is 0 Å². The van der Waals surface area contributed by atoms with Crippen LogP contribution < -0.4 is 17.0 Å². The van der Waals surface area contributed by atoms with Crippen LogP contribution in [0.4, 0.5) is 5.95 Å². The Kier molecular flexibility index (Phi) is 7.63. The molecule has 0 radical (unpaired) electrons. The number of nitrogen functional groups attached to an aromatic ring is 1. The second kappa shape index (κ2) is 10.4. The van der Waals surface area contributed by atoms with Crippen LogP contribution in [0.2, 0.25) is 0 Å². The van der Waals surface area contributed by atoms with Gasteiger partial charge in [-0.1, -0.05) is 0 Å². The van der Waals surface area contributed by atoms with E-state index in [4.69, 9.17) is 31.2 Å². The summed E-state index contributed by atoms with van der Waals surface area (Å²) in [5.41, 5.74) is 10.6. The number of hydrogen-bond acceptors (Lipinski definition) is 13. The van der Waals surface area contributed by atoms with Gasteiger partial charge >= 0.3 is 0 Å². The van der Waals surface area contributed by atoms with Crippen molar-refractivity contribution in [2.75, 3.05) is 25.6 Å². The molecule has 1 aliphatic heterocycles. The molecule has 1 fully saturated rings. The van der Waals surface area contributed by atoms with Gasteiger partial charge < -0.3 is 41.4 Å². The molecule has 1 aliphatic rings. The highest BCUT2D eigenvalue weighted by molar-refractivity contribution is 5.88. The van der Waals surface area contributed by atoms with Gasteiger partial charge in [0.15, 0.2) is 17.4 Å². The van der Waals surface area contributed by atoms with E-state index in [2.05, 4.69) is 25.0 Å². The van der Waals surface area contributed by atoms with Crippen LogP contribution in [0.25, 0.3) is 11.2 Å². The number of nitrogens with zero attached hydrogens (tertiary/aromatic N) is 6. The Morgan fingerprint density at radius 1 is 1.24 bits per heavy atom. The number of ether oxygens (including phenoxy) is 2. The van der Waals surface area contributed by atoms with Crippen molar-refractivity contribution in [2.24, 2.45) is 5.73 Å². The van der Waals surface area contributed by atoms with Gasteiger partial charge in [-0.3, -0.25) is 19.1 Å². The largest absolute Gasteiger partial charge is 0.394 e. The van der Waals surface area contributed by atoms with E-state index in [1.807, 2.05) is 0 Å². The van der Waals surface area contributed by atoms with E-state index >= 15 is 0 Å². The maximum absolute atomic E-state index is 11.4. The third kappa shape index (κ3) is 5.30. The summed E-state index contributed by atoms with van der Waals surface area (Å²) in [5, 5.41) is 40.3. The fraction of sp³-hybridized carbons (Fsp3) is 0.500. The van der Waals surface area contributed by atoms with Crippen molar-refractivity contribution in [2.45, 2.75) is 31.3 Å². The number of fused-ring (bicyclic) bond motifs is 1. The van der Waals surface area contributed by atoms with Crippen LogP contribution in [0, 0.1) is 0 Å². The molecule has 180 valence electrons. The lowest BCUT2D eigenvalue weighted by Gasteiger charge is -2.13. The molecule has 1 amide bonds. The zero-order valence-corrected chi connectivity index (χ0v) is 17.1. The number of primary amides is 1. The van der Waals surface area contributed by atoms with Crippen molar-refractivity contribution < 1.29 is 34.7 Å². The number of nitrogens with two attached hydrogens (primary N) is 2. The molecule has 0 aromatic carbocycles. The number of aliphatic hydroxyl groups is 4. The number of nitrogens with one attached hydrogen (secondary N) is 1. The van der Waals surface area contributed by atoms with E-state index in [0.717, 1.165) is 11.0 Å². The summed E-state index contributed by atoms with van der Waals surface area (Å²) in [7, 11) is 0. The van der Waals surface area contributed by atoms with Crippen molar-refractivity contribution in [3.63, 3.8) is 0 Å². The summed E-state index contributed by atoms with van der Waals surface area (Å²) in [6.07, 6.45) is -1.83. The van der Waals surface area contributed by atoms with Crippen LogP contribution in [0.3, 0.4) is 0 Å². The Labute approximate surface area is 184 Å². The lowest BCUT2D eigenvalue weighted by molar-refractivity contribution is -0.0588. The van der Waals surface area contributed by atoms with Crippen LogP contribution in [0.5, 0.6) is 0 Å². The van der Waals surface area contributed by atoms with E-state index < -0.39 is 37.1 Å². The first-order valence-corrected chi connectivity index (χ1v) is 9.49. The molecular weight excluding hydrogens is 446 g/mol. The van der Waals surface area contributed by atoms with Gasteiger partial charge in [-0.2, -0.15) is 4.98 Å². The van der Waals surface area contributed by atoms with Gasteiger partial charge in [0.1, 0.15) is 31.4 Å². The predicted molar refractivity (Wildman–Crippen MR) is 107 cm³/mol. The summed E-state index contributed by atoms with van der Waals surface area (Å²) in [6, 6.07) is 0. The average Bonchev–Trinajstić information content (AvgIpc) is 3.48. The highest BCUT2D eigenvalue weighted by Crippen LogP contribution is 2.28. The Morgan fingerprint density at radius 3 is 2.61 bits per heavy atom. The average molecular weight is 469 g/mol. The highest BCUT2D eigenvalue weighted by atomic mass is 16.6.